The van der Waals surface area contributed by atoms with Crippen molar-refractivity contribution in [3.63, 3.8) is 0 Å². The maximum absolute atomic E-state index is 11.9. The van der Waals surface area contributed by atoms with Gasteiger partial charge in [-0.1, -0.05) is 6.42 Å². The average Bonchev–Trinajstić information content (AvgIpc) is 2.85. The van der Waals surface area contributed by atoms with E-state index in [4.69, 9.17) is 4.74 Å². The molecule has 0 aromatic heterocycles. The van der Waals surface area contributed by atoms with Crippen LogP contribution in [0.5, 0.6) is 5.75 Å². The molecule has 0 radical (unpaired) electrons. The predicted molar refractivity (Wildman–Crippen MR) is 82.7 cm³/mol. The van der Waals surface area contributed by atoms with E-state index in [2.05, 4.69) is 10.6 Å². The van der Waals surface area contributed by atoms with E-state index in [1.165, 1.54) is 0 Å². The SMILES string of the molecule is CCOc1ccc(NC(=O)NC[C@@H]2CCC[C@@H]2O)cc1C. The standard InChI is InChI=1S/C16H24N2O3/c1-3-21-15-8-7-13(9-11(15)2)18-16(20)17-10-12-5-4-6-14(12)19/h7-9,12,14,19H,3-6,10H2,1-2H3,(H2,17,18,20)/t12-,14-/m0/s1. The van der Waals surface area contributed by atoms with Crippen LogP contribution in [0.15, 0.2) is 18.2 Å². The Morgan fingerprint density at radius 2 is 2.24 bits per heavy atom. The maximum atomic E-state index is 11.9. The largest absolute Gasteiger partial charge is 0.494 e. The summed E-state index contributed by atoms with van der Waals surface area (Å²) < 4.78 is 5.47. The van der Waals surface area contributed by atoms with E-state index in [1.54, 1.807) is 0 Å². The zero-order valence-electron chi connectivity index (χ0n) is 12.7. The van der Waals surface area contributed by atoms with Crippen LogP contribution in [-0.2, 0) is 0 Å². The van der Waals surface area contributed by atoms with Crippen LogP contribution in [0.3, 0.4) is 0 Å². The van der Waals surface area contributed by atoms with Crippen molar-refractivity contribution in [1.82, 2.24) is 5.32 Å². The van der Waals surface area contributed by atoms with Gasteiger partial charge in [0.15, 0.2) is 0 Å². The summed E-state index contributed by atoms with van der Waals surface area (Å²) in [6, 6.07) is 5.32. The molecule has 3 N–H and O–H groups in total. The number of carbonyl (C=O) groups is 1. The second kappa shape index (κ2) is 7.31. The molecule has 0 heterocycles. The second-order valence-corrected chi connectivity index (χ2v) is 5.51. The Balaban J connectivity index is 1.83. The fourth-order valence-electron chi connectivity index (χ4n) is 2.70. The molecule has 1 aromatic carbocycles. The van der Waals surface area contributed by atoms with Crippen molar-refractivity contribution >= 4 is 11.7 Å². The first kappa shape index (κ1) is 15.6. The molecule has 0 saturated heterocycles. The number of rotatable bonds is 5. The third kappa shape index (κ3) is 4.36. The topological polar surface area (TPSA) is 70.6 Å². The molecule has 116 valence electrons. The number of nitrogens with one attached hydrogen (secondary N) is 2. The van der Waals surface area contributed by atoms with Crippen molar-refractivity contribution in [3.8, 4) is 5.75 Å². The monoisotopic (exact) mass is 292 g/mol. The van der Waals surface area contributed by atoms with Crippen molar-refractivity contribution in [3.05, 3.63) is 23.8 Å². The molecule has 0 unspecified atom stereocenters. The molecule has 1 saturated carbocycles. The smallest absolute Gasteiger partial charge is 0.319 e. The van der Waals surface area contributed by atoms with Gasteiger partial charge in [0.1, 0.15) is 5.75 Å². The molecule has 2 atom stereocenters. The Kier molecular flexibility index (Phi) is 5.44. The summed E-state index contributed by atoms with van der Waals surface area (Å²) in [6.45, 7) is 5.03. The molecular formula is C16H24N2O3. The summed E-state index contributed by atoms with van der Waals surface area (Å²) in [5, 5.41) is 15.3. The Morgan fingerprint density at radius 3 is 2.86 bits per heavy atom. The lowest BCUT2D eigenvalue weighted by Gasteiger charge is -2.16. The van der Waals surface area contributed by atoms with E-state index >= 15 is 0 Å². The highest BCUT2D eigenvalue weighted by molar-refractivity contribution is 5.89. The molecule has 0 aliphatic heterocycles. The second-order valence-electron chi connectivity index (χ2n) is 5.51. The Hall–Kier alpha value is -1.75. The third-order valence-electron chi connectivity index (χ3n) is 3.88. The first-order valence-corrected chi connectivity index (χ1v) is 7.56. The number of aryl methyl sites for hydroxylation is 1. The zero-order chi connectivity index (χ0) is 15.2. The van der Waals surface area contributed by atoms with Gasteiger partial charge in [0.2, 0.25) is 0 Å². The van der Waals surface area contributed by atoms with Gasteiger partial charge in [0.25, 0.3) is 0 Å². The first-order valence-electron chi connectivity index (χ1n) is 7.56. The highest BCUT2D eigenvalue weighted by Gasteiger charge is 2.25. The molecule has 21 heavy (non-hydrogen) atoms. The van der Waals surface area contributed by atoms with Gasteiger partial charge in [0, 0.05) is 18.2 Å². The molecule has 5 heteroatoms. The molecule has 1 aromatic rings. The maximum Gasteiger partial charge on any atom is 0.319 e. The molecule has 2 amide bonds. The highest BCUT2D eigenvalue weighted by atomic mass is 16.5. The van der Waals surface area contributed by atoms with Crippen LogP contribution >= 0.6 is 0 Å². The molecule has 0 bridgehead atoms. The quantitative estimate of drug-likeness (QED) is 0.781. The van der Waals surface area contributed by atoms with E-state index in [9.17, 15) is 9.90 Å². The van der Waals surface area contributed by atoms with Crippen LogP contribution in [0.4, 0.5) is 10.5 Å². The van der Waals surface area contributed by atoms with Crippen LogP contribution < -0.4 is 15.4 Å². The van der Waals surface area contributed by atoms with Crippen molar-refractivity contribution in [1.29, 1.82) is 0 Å². The average molecular weight is 292 g/mol. The number of aliphatic hydroxyl groups excluding tert-OH is 1. The fraction of sp³-hybridized carbons (Fsp3) is 0.562. The lowest BCUT2D eigenvalue weighted by atomic mass is 10.1. The van der Waals surface area contributed by atoms with E-state index < -0.39 is 0 Å². The molecule has 1 aliphatic rings. The summed E-state index contributed by atoms with van der Waals surface area (Å²) in [5.74, 6) is 1.01. The molecular weight excluding hydrogens is 268 g/mol. The number of amides is 2. The van der Waals surface area contributed by atoms with E-state index in [0.29, 0.717) is 13.2 Å². The van der Waals surface area contributed by atoms with Gasteiger partial charge in [0.05, 0.1) is 12.7 Å². The van der Waals surface area contributed by atoms with E-state index in [1.807, 2.05) is 32.0 Å². The van der Waals surface area contributed by atoms with Gasteiger partial charge in [-0.25, -0.2) is 4.79 Å². The number of carbonyl (C=O) groups excluding carboxylic acids is 1. The van der Waals surface area contributed by atoms with Gasteiger partial charge in [-0.3, -0.25) is 0 Å². The number of urea groups is 1. The summed E-state index contributed by atoms with van der Waals surface area (Å²) in [6.07, 6.45) is 2.57. The first-order chi connectivity index (χ1) is 10.1. The molecule has 5 nitrogen and oxygen atoms in total. The number of anilines is 1. The van der Waals surface area contributed by atoms with Gasteiger partial charge >= 0.3 is 6.03 Å². The van der Waals surface area contributed by atoms with Crippen molar-refractivity contribution in [2.45, 2.75) is 39.2 Å². The van der Waals surface area contributed by atoms with Crippen LogP contribution in [0.2, 0.25) is 0 Å². The van der Waals surface area contributed by atoms with Gasteiger partial charge < -0.3 is 20.5 Å². The minimum absolute atomic E-state index is 0.179. The number of benzene rings is 1. The molecule has 1 fully saturated rings. The summed E-state index contributed by atoms with van der Waals surface area (Å²) in [5.41, 5.74) is 1.72. The van der Waals surface area contributed by atoms with Crippen LogP contribution in [0.1, 0.15) is 31.7 Å². The minimum Gasteiger partial charge on any atom is -0.494 e. The number of ether oxygens (including phenoxy) is 1. The van der Waals surface area contributed by atoms with Gasteiger partial charge in [-0.15, -0.1) is 0 Å². The molecule has 1 aliphatic carbocycles. The summed E-state index contributed by atoms with van der Waals surface area (Å²) in [7, 11) is 0. The lowest BCUT2D eigenvalue weighted by molar-refractivity contribution is 0.133. The molecule has 0 spiro atoms. The summed E-state index contributed by atoms with van der Waals surface area (Å²) in [4.78, 5) is 11.9. The van der Waals surface area contributed by atoms with Crippen LogP contribution in [-0.4, -0.2) is 30.4 Å². The van der Waals surface area contributed by atoms with Crippen molar-refractivity contribution in [2.24, 2.45) is 5.92 Å². The Bertz CT molecular complexity index is 490. The molecule has 2 rings (SSSR count). The number of hydrogen-bond acceptors (Lipinski definition) is 3. The zero-order valence-corrected chi connectivity index (χ0v) is 12.7. The number of hydrogen-bond donors (Lipinski definition) is 3. The van der Waals surface area contributed by atoms with Gasteiger partial charge in [-0.2, -0.15) is 0 Å². The minimum atomic E-state index is -0.280. The Labute approximate surface area is 125 Å². The van der Waals surface area contributed by atoms with Gasteiger partial charge in [-0.05, 0) is 50.5 Å². The normalized spacial score (nSPS) is 21.1. The fourth-order valence-corrected chi connectivity index (χ4v) is 2.70. The van der Waals surface area contributed by atoms with Crippen molar-refractivity contribution < 1.29 is 14.6 Å². The van der Waals surface area contributed by atoms with Crippen LogP contribution in [0.25, 0.3) is 0 Å². The Morgan fingerprint density at radius 1 is 1.43 bits per heavy atom. The van der Waals surface area contributed by atoms with Crippen molar-refractivity contribution in [2.75, 3.05) is 18.5 Å². The van der Waals surface area contributed by atoms with E-state index in [0.717, 1.165) is 36.3 Å². The lowest BCUT2D eigenvalue weighted by Crippen LogP contribution is -2.35. The predicted octanol–water partition coefficient (Wildman–Crippen LogP) is 2.68. The van der Waals surface area contributed by atoms with E-state index in [-0.39, 0.29) is 18.1 Å². The summed E-state index contributed by atoms with van der Waals surface area (Å²) >= 11 is 0. The number of aliphatic hydroxyl groups is 1. The van der Waals surface area contributed by atoms with Crippen LogP contribution in [0, 0.1) is 12.8 Å². The third-order valence-corrected chi connectivity index (χ3v) is 3.88. The highest BCUT2D eigenvalue weighted by Crippen LogP contribution is 2.25.